The molecule has 2 unspecified atom stereocenters. The van der Waals surface area contributed by atoms with E-state index in [-0.39, 0.29) is 17.4 Å². The maximum atomic E-state index is 12.8. The van der Waals surface area contributed by atoms with E-state index in [0.29, 0.717) is 13.2 Å². The summed E-state index contributed by atoms with van der Waals surface area (Å²) in [6, 6.07) is 1.54. The predicted molar refractivity (Wildman–Crippen MR) is 81.6 cm³/mol. The second-order valence-electron chi connectivity index (χ2n) is 6.46. The quantitative estimate of drug-likeness (QED) is 0.897. The maximum Gasteiger partial charge on any atom is 0.254 e. The number of likely N-dealkylation sites (tertiary alicyclic amines) is 1. The number of carbonyl (C=O) groups excluding carboxylic acids is 1. The van der Waals surface area contributed by atoms with Crippen LogP contribution in [0.3, 0.4) is 0 Å². The van der Waals surface area contributed by atoms with Gasteiger partial charge in [-0.1, -0.05) is 0 Å². The van der Waals surface area contributed by atoms with Crippen molar-refractivity contribution in [3.05, 3.63) is 28.4 Å². The highest BCUT2D eigenvalue weighted by Gasteiger charge is 2.40. The Labute approximate surface area is 129 Å². The molecular weight excluding hydrogens is 282 g/mol. The van der Waals surface area contributed by atoms with Crippen LogP contribution in [0.4, 0.5) is 0 Å². The third-order valence-electron chi connectivity index (χ3n) is 4.75. The molecule has 22 heavy (non-hydrogen) atoms. The van der Waals surface area contributed by atoms with E-state index in [1.54, 1.807) is 0 Å². The molecule has 1 amide bonds. The first-order chi connectivity index (χ1) is 10.6. The first kappa shape index (κ1) is 15.2. The predicted octanol–water partition coefficient (Wildman–Crippen LogP) is 1.44. The van der Waals surface area contributed by atoms with E-state index in [1.807, 2.05) is 11.8 Å². The third kappa shape index (κ3) is 3.06. The zero-order valence-corrected chi connectivity index (χ0v) is 13.0. The molecule has 3 heterocycles. The largest absolute Gasteiger partial charge is 0.365 e. The molecule has 2 aliphatic heterocycles. The molecule has 6 nitrogen and oxygen atoms in total. The Balaban J connectivity index is 1.72. The van der Waals surface area contributed by atoms with Gasteiger partial charge >= 0.3 is 0 Å². The van der Waals surface area contributed by atoms with Gasteiger partial charge in [0.25, 0.3) is 11.5 Å². The van der Waals surface area contributed by atoms with Crippen molar-refractivity contribution in [2.45, 2.75) is 50.5 Å². The van der Waals surface area contributed by atoms with Crippen LogP contribution in [0.2, 0.25) is 0 Å². The molecule has 2 aliphatic rings. The van der Waals surface area contributed by atoms with Crippen molar-refractivity contribution in [2.24, 2.45) is 0 Å². The number of nitrogens with one attached hydrogen (secondary N) is 1. The fourth-order valence-electron chi connectivity index (χ4n) is 3.45. The average Bonchev–Trinajstić information content (AvgIpc) is 2.55. The zero-order chi connectivity index (χ0) is 15.6. The lowest BCUT2D eigenvalue weighted by Gasteiger charge is -2.40. The number of H-pyrrole nitrogens is 1. The smallest absolute Gasteiger partial charge is 0.254 e. The number of aromatic amines is 1. The number of ether oxygens (including phenoxy) is 1. The molecule has 6 heteroatoms. The normalized spacial score (nSPS) is 29.3. The Morgan fingerprint density at radius 1 is 1.45 bits per heavy atom. The maximum absolute atomic E-state index is 12.8. The van der Waals surface area contributed by atoms with Crippen LogP contribution in [0.5, 0.6) is 0 Å². The summed E-state index contributed by atoms with van der Waals surface area (Å²) in [5.41, 5.74) is -0.0474. The lowest BCUT2D eigenvalue weighted by molar-refractivity contribution is -0.163. The number of carbonyl (C=O) groups is 1. The molecule has 0 radical (unpaired) electrons. The standard InChI is InChI=1S/C16H23N3O3/c1-16(6-2-3-8-22-16)15(21)19-7-4-5-12(10-19)13-9-14(20)18-11-17-13/h9,11-12H,2-8,10H2,1H3,(H,17,18,20). The topological polar surface area (TPSA) is 75.3 Å². The number of rotatable bonds is 2. The summed E-state index contributed by atoms with van der Waals surface area (Å²) in [4.78, 5) is 33.0. The zero-order valence-electron chi connectivity index (χ0n) is 13.0. The second-order valence-corrected chi connectivity index (χ2v) is 6.46. The Morgan fingerprint density at radius 2 is 2.32 bits per heavy atom. The van der Waals surface area contributed by atoms with Crippen LogP contribution in [0, 0.1) is 0 Å². The first-order valence-electron chi connectivity index (χ1n) is 8.06. The number of amides is 1. The minimum absolute atomic E-state index is 0.0849. The number of nitrogens with zero attached hydrogens (tertiary/aromatic N) is 2. The Morgan fingerprint density at radius 3 is 3.05 bits per heavy atom. The molecule has 2 fully saturated rings. The van der Waals surface area contributed by atoms with Crippen molar-refractivity contribution >= 4 is 5.91 Å². The fourth-order valence-corrected chi connectivity index (χ4v) is 3.45. The van der Waals surface area contributed by atoms with Crippen LogP contribution < -0.4 is 5.56 Å². The second kappa shape index (κ2) is 6.20. The van der Waals surface area contributed by atoms with Crippen molar-refractivity contribution in [2.75, 3.05) is 19.7 Å². The molecule has 3 rings (SSSR count). The van der Waals surface area contributed by atoms with Gasteiger partial charge in [-0.15, -0.1) is 0 Å². The van der Waals surface area contributed by atoms with Crippen LogP contribution >= 0.6 is 0 Å². The molecule has 0 bridgehead atoms. The summed E-state index contributed by atoms with van der Waals surface area (Å²) in [5, 5.41) is 0. The lowest BCUT2D eigenvalue weighted by Crippen LogP contribution is -2.52. The van der Waals surface area contributed by atoms with Crippen LogP contribution in [-0.4, -0.2) is 46.1 Å². The third-order valence-corrected chi connectivity index (χ3v) is 4.75. The first-order valence-corrected chi connectivity index (χ1v) is 8.06. The van der Waals surface area contributed by atoms with Gasteiger partial charge in [-0.3, -0.25) is 9.59 Å². The van der Waals surface area contributed by atoms with Crippen molar-refractivity contribution < 1.29 is 9.53 Å². The number of aromatic nitrogens is 2. The molecule has 1 aromatic heterocycles. The van der Waals surface area contributed by atoms with Gasteiger partial charge in [0.1, 0.15) is 5.60 Å². The van der Waals surface area contributed by atoms with Gasteiger partial charge in [0.05, 0.1) is 12.0 Å². The van der Waals surface area contributed by atoms with Crippen LogP contribution in [0.15, 0.2) is 17.2 Å². The molecule has 1 aromatic rings. The van der Waals surface area contributed by atoms with Crippen LogP contribution in [0.25, 0.3) is 0 Å². The van der Waals surface area contributed by atoms with Crippen molar-refractivity contribution in [1.82, 2.24) is 14.9 Å². The highest BCUT2D eigenvalue weighted by atomic mass is 16.5. The van der Waals surface area contributed by atoms with E-state index < -0.39 is 5.60 Å². The van der Waals surface area contributed by atoms with E-state index in [1.165, 1.54) is 12.4 Å². The Bertz CT molecular complexity index is 592. The highest BCUT2D eigenvalue weighted by Crippen LogP contribution is 2.31. The van der Waals surface area contributed by atoms with Crippen molar-refractivity contribution in [3.63, 3.8) is 0 Å². The van der Waals surface area contributed by atoms with Gasteiger partial charge in [-0.05, 0) is 39.0 Å². The van der Waals surface area contributed by atoms with Gasteiger partial charge in [0, 0.05) is 31.7 Å². The van der Waals surface area contributed by atoms with Crippen LogP contribution in [0.1, 0.15) is 50.6 Å². The average molecular weight is 305 g/mol. The van der Waals surface area contributed by atoms with E-state index in [9.17, 15) is 9.59 Å². The van der Waals surface area contributed by atoms with Gasteiger partial charge in [0.2, 0.25) is 0 Å². The molecular formula is C16H23N3O3. The van der Waals surface area contributed by atoms with Gasteiger partial charge in [-0.25, -0.2) is 4.98 Å². The molecule has 1 N–H and O–H groups in total. The number of hydrogen-bond acceptors (Lipinski definition) is 4. The Hall–Kier alpha value is -1.69. The molecule has 0 saturated carbocycles. The van der Waals surface area contributed by atoms with Crippen LogP contribution in [-0.2, 0) is 9.53 Å². The van der Waals surface area contributed by atoms with E-state index in [0.717, 1.165) is 44.3 Å². The molecule has 120 valence electrons. The summed E-state index contributed by atoms with van der Waals surface area (Å²) in [6.07, 6.45) is 6.18. The minimum atomic E-state index is -0.679. The molecule has 0 spiro atoms. The summed E-state index contributed by atoms with van der Waals surface area (Å²) in [5.74, 6) is 0.217. The molecule has 0 aromatic carbocycles. The highest BCUT2D eigenvalue weighted by molar-refractivity contribution is 5.85. The SMILES string of the molecule is CC1(C(=O)N2CCCC(c3cc(=O)[nH]cn3)C2)CCCCO1. The fraction of sp³-hybridized carbons (Fsp3) is 0.688. The van der Waals surface area contributed by atoms with Gasteiger partial charge < -0.3 is 14.6 Å². The lowest BCUT2D eigenvalue weighted by atomic mass is 9.90. The summed E-state index contributed by atoms with van der Waals surface area (Å²) >= 11 is 0. The van der Waals surface area contributed by atoms with Gasteiger partial charge in [0.15, 0.2) is 0 Å². The molecule has 2 atom stereocenters. The summed E-state index contributed by atoms with van der Waals surface area (Å²) < 4.78 is 5.78. The summed E-state index contributed by atoms with van der Waals surface area (Å²) in [6.45, 7) is 3.95. The summed E-state index contributed by atoms with van der Waals surface area (Å²) in [7, 11) is 0. The molecule has 2 saturated heterocycles. The van der Waals surface area contributed by atoms with E-state index >= 15 is 0 Å². The number of piperidine rings is 1. The van der Waals surface area contributed by atoms with Gasteiger partial charge in [-0.2, -0.15) is 0 Å². The monoisotopic (exact) mass is 305 g/mol. The van der Waals surface area contributed by atoms with E-state index in [4.69, 9.17) is 4.74 Å². The van der Waals surface area contributed by atoms with Crippen molar-refractivity contribution in [1.29, 1.82) is 0 Å². The Kier molecular flexibility index (Phi) is 4.29. The minimum Gasteiger partial charge on any atom is -0.365 e. The molecule has 0 aliphatic carbocycles. The number of hydrogen-bond donors (Lipinski definition) is 1. The van der Waals surface area contributed by atoms with E-state index in [2.05, 4.69) is 9.97 Å². The van der Waals surface area contributed by atoms with Crippen molar-refractivity contribution in [3.8, 4) is 0 Å².